The zero-order chi connectivity index (χ0) is 30.5. The SMILES string of the molecule is CCOC(=O)C1(C(=O)OCC)Cc2ccc(cc2)CC(C(=O)OCC)(C(=O)OCC)Cn2c(=O)n(c3ccccc32)C1. The van der Waals surface area contributed by atoms with Crippen LogP contribution in [0.25, 0.3) is 11.0 Å². The summed E-state index contributed by atoms with van der Waals surface area (Å²) in [6.07, 6.45) is -0.227. The highest BCUT2D eigenvalue weighted by atomic mass is 16.6. The molecule has 0 spiro atoms. The minimum atomic E-state index is -1.90. The minimum Gasteiger partial charge on any atom is -0.465 e. The van der Waals surface area contributed by atoms with Gasteiger partial charge in [-0.2, -0.15) is 0 Å². The monoisotopic (exact) mass is 580 g/mol. The summed E-state index contributed by atoms with van der Waals surface area (Å²) < 4.78 is 24.2. The molecular weight excluding hydrogens is 544 g/mol. The summed E-state index contributed by atoms with van der Waals surface area (Å²) in [5.41, 5.74) is -2.46. The zero-order valence-electron chi connectivity index (χ0n) is 24.3. The fraction of sp³-hybridized carbons (Fsp3) is 0.452. The van der Waals surface area contributed by atoms with E-state index < -0.39 is 53.5 Å². The predicted molar refractivity (Wildman–Crippen MR) is 151 cm³/mol. The van der Waals surface area contributed by atoms with Crippen molar-refractivity contribution in [1.29, 1.82) is 0 Å². The van der Waals surface area contributed by atoms with Crippen LogP contribution in [0.1, 0.15) is 38.8 Å². The fourth-order valence-corrected chi connectivity index (χ4v) is 5.49. The van der Waals surface area contributed by atoms with Crippen molar-refractivity contribution in [3.8, 4) is 0 Å². The maximum absolute atomic E-state index is 14.2. The van der Waals surface area contributed by atoms with Gasteiger partial charge in [0.15, 0.2) is 10.8 Å². The number of para-hydroxylation sites is 2. The van der Waals surface area contributed by atoms with Crippen LogP contribution >= 0.6 is 0 Å². The predicted octanol–water partition coefficient (Wildman–Crippen LogP) is 2.83. The average Bonchev–Trinajstić information content (AvgIpc) is 3.23. The molecule has 0 saturated heterocycles. The molecule has 0 amide bonds. The van der Waals surface area contributed by atoms with Crippen LogP contribution in [-0.2, 0) is 64.1 Å². The van der Waals surface area contributed by atoms with Crippen molar-refractivity contribution in [1.82, 2.24) is 9.13 Å². The normalized spacial score (nSPS) is 15.5. The van der Waals surface area contributed by atoms with Gasteiger partial charge in [0, 0.05) is 12.8 Å². The average molecular weight is 581 g/mol. The summed E-state index contributed by atoms with van der Waals surface area (Å²) in [6.45, 7) is 5.78. The van der Waals surface area contributed by atoms with Gasteiger partial charge in [0.25, 0.3) is 0 Å². The van der Waals surface area contributed by atoms with Gasteiger partial charge >= 0.3 is 29.6 Å². The van der Waals surface area contributed by atoms with E-state index in [0.717, 1.165) is 0 Å². The van der Waals surface area contributed by atoms with E-state index >= 15 is 0 Å². The number of fused-ring (bicyclic) bond motifs is 7. The van der Waals surface area contributed by atoms with Gasteiger partial charge in [0.05, 0.1) is 50.6 Å². The smallest absolute Gasteiger partial charge is 0.329 e. The third-order valence-corrected chi connectivity index (χ3v) is 7.48. The van der Waals surface area contributed by atoms with Crippen LogP contribution in [0.3, 0.4) is 0 Å². The zero-order valence-corrected chi connectivity index (χ0v) is 24.3. The van der Waals surface area contributed by atoms with Crippen LogP contribution < -0.4 is 5.69 Å². The molecule has 0 N–H and O–H groups in total. The number of nitrogens with zero attached hydrogens (tertiary/aromatic N) is 2. The lowest BCUT2D eigenvalue weighted by Gasteiger charge is -2.30. The number of esters is 4. The first kappa shape index (κ1) is 30.5. The maximum Gasteiger partial charge on any atom is 0.329 e. The van der Waals surface area contributed by atoms with Gasteiger partial charge in [-0.3, -0.25) is 28.3 Å². The number of hydrogen-bond acceptors (Lipinski definition) is 9. The quantitative estimate of drug-likeness (QED) is 0.224. The van der Waals surface area contributed by atoms with E-state index in [1.54, 1.807) is 76.2 Å². The number of benzene rings is 2. The molecular formula is C31H36N2O9. The standard InChI is InChI=1S/C31H36N2O9/c1-5-39-25(34)30(26(35)40-6-2)17-21-13-15-22(16-14-21)18-31(27(36)41-7-3,28(37)42-8-4)20-33-24-12-10-9-11-23(24)32(19-30)29(33)38/h9-16H,5-8,17-20H2,1-4H3. The number of aromatic nitrogens is 2. The molecule has 0 radical (unpaired) electrons. The summed E-state index contributed by atoms with van der Waals surface area (Å²) in [6, 6.07) is 13.6. The van der Waals surface area contributed by atoms with Gasteiger partial charge in [-0.15, -0.1) is 0 Å². The third-order valence-electron chi connectivity index (χ3n) is 7.48. The maximum atomic E-state index is 14.2. The molecule has 0 aliphatic carbocycles. The Balaban J connectivity index is 2.08. The Bertz CT molecular complexity index is 1390. The fourth-order valence-electron chi connectivity index (χ4n) is 5.49. The second-order valence-corrected chi connectivity index (χ2v) is 10.2. The van der Waals surface area contributed by atoms with Gasteiger partial charge in [-0.25, -0.2) is 4.79 Å². The third kappa shape index (κ3) is 5.43. The molecule has 0 fully saturated rings. The summed E-state index contributed by atoms with van der Waals surface area (Å²) in [5.74, 6) is -3.28. The number of ether oxygens (including phenoxy) is 4. The van der Waals surface area contributed by atoms with Crippen LogP contribution in [-0.4, -0.2) is 59.4 Å². The van der Waals surface area contributed by atoms with E-state index in [4.69, 9.17) is 18.9 Å². The van der Waals surface area contributed by atoms with Gasteiger partial charge in [-0.1, -0.05) is 36.4 Å². The molecule has 42 heavy (non-hydrogen) atoms. The lowest BCUT2D eigenvalue weighted by Crippen LogP contribution is -2.50. The molecule has 3 heterocycles. The first-order chi connectivity index (χ1) is 20.2. The first-order valence-electron chi connectivity index (χ1n) is 14.1. The molecule has 1 aromatic heterocycles. The van der Waals surface area contributed by atoms with Crippen molar-refractivity contribution in [3.63, 3.8) is 0 Å². The van der Waals surface area contributed by atoms with Crippen LogP contribution in [0, 0.1) is 10.8 Å². The van der Waals surface area contributed by atoms with Gasteiger partial charge in [0.1, 0.15) is 0 Å². The molecule has 0 atom stereocenters. The highest BCUT2D eigenvalue weighted by Crippen LogP contribution is 2.35. The molecule has 2 aliphatic rings. The Labute approximate surface area is 243 Å². The van der Waals surface area contributed by atoms with E-state index in [1.807, 2.05) is 0 Å². The van der Waals surface area contributed by atoms with E-state index in [2.05, 4.69) is 0 Å². The highest BCUT2D eigenvalue weighted by Gasteiger charge is 2.52. The van der Waals surface area contributed by atoms with E-state index in [0.29, 0.717) is 22.2 Å². The number of carbonyl (C=O) groups is 4. The molecule has 11 heteroatoms. The molecule has 4 bridgehead atoms. The molecule has 224 valence electrons. The molecule has 0 saturated carbocycles. The van der Waals surface area contributed by atoms with Crippen molar-refractivity contribution in [3.05, 3.63) is 70.1 Å². The summed E-state index contributed by atoms with van der Waals surface area (Å²) in [4.78, 5) is 68.8. The van der Waals surface area contributed by atoms with Crippen LogP contribution in [0.5, 0.6) is 0 Å². The largest absolute Gasteiger partial charge is 0.465 e. The molecule has 5 rings (SSSR count). The topological polar surface area (TPSA) is 132 Å². The summed E-state index contributed by atoms with van der Waals surface area (Å²) in [7, 11) is 0. The lowest BCUT2D eigenvalue weighted by atomic mass is 9.79. The van der Waals surface area contributed by atoms with Crippen molar-refractivity contribution in [2.75, 3.05) is 26.4 Å². The lowest BCUT2D eigenvalue weighted by molar-refractivity contribution is -0.174. The van der Waals surface area contributed by atoms with E-state index in [-0.39, 0.29) is 39.3 Å². The minimum absolute atomic E-state index is 0.0111. The van der Waals surface area contributed by atoms with Crippen molar-refractivity contribution in [2.45, 2.75) is 53.6 Å². The van der Waals surface area contributed by atoms with Crippen molar-refractivity contribution in [2.24, 2.45) is 10.8 Å². The summed E-state index contributed by atoms with van der Waals surface area (Å²) >= 11 is 0. The molecule has 2 aliphatic heterocycles. The van der Waals surface area contributed by atoms with Crippen LogP contribution in [0.4, 0.5) is 0 Å². The Morgan fingerprint density at radius 1 is 0.595 bits per heavy atom. The van der Waals surface area contributed by atoms with Crippen LogP contribution in [0.15, 0.2) is 53.3 Å². The summed E-state index contributed by atoms with van der Waals surface area (Å²) in [5, 5.41) is 0. The molecule has 0 unspecified atom stereocenters. The first-order valence-corrected chi connectivity index (χ1v) is 14.1. The second-order valence-electron chi connectivity index (χ2n) is 10.2. The van der Waals surface area contributed by atoms with Gasteiger partial charge in [-0.05, 0) is 51.0 Å². The Morgan fingerprint density at radius 2 is 0.905 bits per heavy atom. The van der Waals surface area contributed by atoms with Gasteiger partial charge in [0.2, 0.25) is 0 Å². The number of rotatable bonds is 8. The molecule has 3 aromatic rings. The Kier molecular flexibility index (Phi) is 9.18. The highest BCUT2D eigenvalue weighted by molar-refractivity contribution is 6.01. The van der Waals surface area contributed by atoms with E-state index in [9.17, 15) is 24.0 Å². The van der Waals surface area contributed by atoms with E-state index in [1.165, 1.54) is 9.13 Å². The second kappa shape index (κ2) is 12.6. The van der Waals surface area contributed by atoms with Crippen molar-refractivity contribution < 1.29 is 38.1 Å². The molecule has 2 aromatic carbocycles. The van der Waals surface area contributed by atoms with Crippen molar-refractivity contribution >= 4 is 34.9 Å². The Hall–Kier alpha value is -4.41. The van der Waals surface area contributed by atoms with Crippen LogP contribution in [0.2, 0.25) is 0 Å². The number of hydrogen-bond donors (Lipinski definition) is 0. The number of imidazole rings is 1. The molecule has 11 nitrogen and oxygen atoms in total. The van der Waals surface area contributed by atoms with Gasteiger partial charge < -0.3 is 18.9 Å². The number of carbonyl (C=O) groups excluding carboxylic acids is 4. The Morgan fingerprint density at radius 3 is 1.19 bits per heavy atom.